The number of rotatable bonds is 6. The Morgan fingerprint density at radius 3 is 3.00 bits per heavy atom. The Labute approximate surface area is 112 Å². The molecule has 0 fully saturated rings. The summed E-state index contributed by atoms with van der Waals surface area (Å²) in [5, 5.41) is 13.0. The molecule has 102 valence electrons. The predicted molar refractivity (Wildman–Crippen MR) is 76.1 cm³/mol. The zero-order valence-corrected chi connectivity index (χ0v) is 11.1. The summed E-state index contributed by atoms with van der Waals surface area (Å²) in [7, 11) is 0. The third kappa shape index (κ3) is 3.35. The number of nitrogens with one attached hydrogen (secondary N) is 2. The first-order valence-electron chi connectivity index (χ1n) is 6.70. The minimum Gasteiger partial charge on any atom is -0.396 e. The fourth-order valence-corrected chi connectivity index (χ4v) is 2.16. The van der Waals surface area contributed by atoms with Gasteiger partial charge in [-0.2, -0.15) is 0 Å². The van der Waals surface area contributed by atoms with Crippen molar-refractivity contribution in [2.45, 2.75) is 19.8 Å². The van der Waals surface area contributed by atoms with Crippen molar-refractivity contribution < 1.29 is 9.90 Å². The van der Waals surface area contributed by atoms with Gasteiger partial charge in [0, 0.05) is 30.4 Å². The molecule has 0 spiro atoms. The number of aliphatic hydroxyl groups is 1. The van der Waals surface area contributed by atoms with Crippen molar-refractivity contribution in [3.63, 3.8) is 0 Å². The van der Waals surface area contributed by atoms with Gasteiger partial charge in [-0.15, -0.1) is 0 Å². The van der Waals surface area contributed by atoms with Crippen molar-refractivity contribution in [3.05, 3.63) is 36.0 Å². The van der Waals surface area contributed by atoms with Crippen LogP contribution >= 0.6 is 0 Å². The number of carbonyl (C=O) groups is 1. The lowest BCUT2D eigenvalue weighted by Crippen LogP contribution is -2.29. The highest BCUT2D eigenvalue weighted by molar-refractivity contribution is 5.97. The second-order valence-corrected chi connectivity index (χ2v) is 4.78. The predicted octanol–water partition coefficient (Wildman–Crippen LogP) is 2.31. The first-order valence-corrected chi connectivity index (χ1v) is 6.70. The Bertz CT molecular complexity index is 548. The summed E-state index contributed by atoms with van der Waals surface area (Å²) < 4.78 is 0. The number of aromatic amines is 1. The van der Waals surface area contributed by atoms with Crippen LogP contribution in [0.3, 0.4) is 0 Å². The van der Waals surface area contributed by atoms with Gasteiger partial charge in [0.15, 0.2) is 0 Å². The lowest BCUT2D eigenvalue weighted by atomic mass is 10.0. The SMILES string of the molecule is CCC(CCO)CNC(=O)c1ccc2cc[nH]c2c1. The molecule has 1 amide bonds. The van der Waals surface area contributed by atoms with Gasteiger partial charge in [-0.1, -0.05) is 19.4 Å². The number of hydrogen-bond donors (Lipinski definition) is 3. The van der Waals surface area contributed by atoms with Crippen molar-refractivity contribution in [1.29, 1.82) is 0 Å². The van der Waals surface area contributed by atoms with Crippen LogP contribution in [0.15, 0.2) is 30.5 Å². The zero-order valence-electron chi connectivity index (χ0n) is 11.1. The van der Waals surface area contributed by atoms with Gasteiger partial charge in [-0.3, -0.25) is 4.79 Å². The molecule has 0 aliphatic rings. The molecule has 2 aromatic rings. The van der Waals surface area contributed by atoms with Crippen LogP contribution in [0.25, 0.3) is 10.9 Å². The maximum absolute atomic E-state index is 12.0. The summed E-state index contributed by atoms with van der Waals surface area (Å²) in [5.74, 6) is 0.274. The Hall–Kier alpha value is -1.81. The van der Waals surface area contributed by atoms with Crippen molar-refractivity contribution in [1.82, 2.24) is 10.3 Å². The second kappa shape index (κ2) is 6.38. The van der Waals surface area contributed by atoms with Crippen LogP contribution in [0, 0.1) is 5.92 Å². The summed E-state index contributed by atoms with van der Waals surface area (Å²) in [5.41, 5.74) is 1.63. The number of amides is 1. The third-order valence-electron chi connectivity index (χ3n) is 3.48. The zero-order chi connectivity index (χ0) is 13.7. The largest absolute Gasteiger partial charge is 0.396 e. The number of fused-ring (bicyclic) bond motifs is 1. The first-order chi connectivity index (χ1) is 9.24. The van der Waals surface area contributed by atoms with E-state index in [9.17, 15) is 4.79 Å². The smallest absolute Gasteiger partial charge is 0.251 e. The van der Waals surface area contributed by atoms with Crippen LogP contribution < -0.4 is 5.32 Å². The van der Waals surface area contributed by atoms with E-state index < -0.39 is 0 Å². The van der Waals surface area contributed by atoms with Gasteiger partial charge in [0.05, 0.1) is 0 Å². The molecule has 3 N–H and O–H groups in total. The van der Waals surface area contributed by atoms with E-state index >= 15 is 0 Å². The van der Waals surface area contributed by atoms with Crippen molar-refractivity contribution in [2.24, 2.45) is 5.92 Å². The average molecular weight is 260 g/mol. The van der Waals surface area contributed by atoms with Gasteiger partial charge >= 0.3 is 0 Å². The molecule has 19 heavy (non-hydrogen) atoms. The van der Waals surface area contributed by atoms with Crippen molar-refractivity contribution >= 4 is 16.8 Å². The van der Waals surface area contributed by atoms with E-state index in [0.29, 0.717) is 18.0 Å². The van der Waals surface area contributed by atoms with Gasteiger partial charge in [-0.05, 0) is 35.9 Å². The molecule has 0 aliphatic carbocycles. The van der Waals surface area contributed by atoms with E-state index in [1.165, 1.54) is 0 Å². The molecule has 0 saturated carbocycles. The van der Waals surface area contributed by atoms with Crippen molar-refractivity contribution in [2.75, 3.05) is 13.2 Å². The Kier molecular flexibility index (Phi) is 4.58. The van der Waals surface area contributed by atoms with Crippen LogP contribution in [0.1, 0.15) is 30.1 Å². The molecule has 4 nitrogen and oxygen atoms in total. The van der Waals surface area contributed by atoms with Gasteiger partial charge in [0.1, 0.15) is 0 Å². The highest BCUT2D eigenvalue weighted by Crippen LogP contribution is 2.14. The van der Waals surface area contributed by atoms with Crippen LogP contribution in [0.5, 0.6) is 0 Å². The molecule has 0 radical (unpaired) electrons. The first kappa shape index (κ1) is 13.6. The maximum Gasteiger partial charge on any atom is 0.251 e. The summed E-state index contributed by atoms with van der Waals surface area (Å²) in [4.78, 5) is 15.1. The lowest BCUT2D eigenvalue weighted by Gasteiger charge is -2.14. The normalized spacial score (nSPS) is 12.5. The fraction of sp³-hybridized carbons (Fsp3) is 0.400. The molecule has 1 aromatic heterocycles. The second-order valence-electron chi connectivity index (χ2n) is 4.78. The molecule has 0 aliphatic heterocycles. The maximum atomic E-state index is 12.0. The van der Waals surface area contributed by atoms with E-state index in [1.807, 2.05) is 30.5 Å². The van der Waals surface area contributed by atoms with E-state index in [2.05, 4.69) is 17.2 Å². The third-order valence-corrected chi connectivity index (χ3v) is 3.48. The number of hydrogen-bond acceptors (Lipinski definition) is 2. The topological polar surface area (TPSA) is 65.1 Å². The quantitative estimate of drug-likeness (QED) is 0.746. The minimum absolute atomic E-state index is 0.0621. The van der Waals surface area contributed by atoms with E-state index in [0.717, 1.165) is 23.7 Å². The van der Waals surface area contributed by atoms with E-state index in [4.69, 9.17) is 5.11 Å². The van der Waals surface area contributed by atoms with Gasteiger partial charge in [0.25, 0.3) is 5.91 Å². The summed E-state index contributed by atoms with van der Waals surface area (Å²) in [6.07, 6.45) is 3.55. The number of H-pyrrole nitrogens is 1. The standard InChI is InChI=1S/C15H20N2O2/c1-2-11(6-8-18)10-17-15(19)13-4-3-12-5-7-16-14(12)9-13/h3-5,7,9,11,16,18H,2,6,8,10H2,1H3,(H,17,19). The van der Waals surface area contributed by atoms with Crippen LogP contribution in [-0.4, -0.2) is 29.1 Å². The molecule has 2 rings (SSSR count). The van der Waals surface area contributed by atoms with Crippen LogP contribution in [0.4, 0.5) is 0 Å². The number of aromatic nitrogens is 1. The molecule has 0 bridgehead atoms. The number of benzene rings is 1. The van der Waals surface area contributed by atoms with Gasteiger partial charge in [0.2, 0.25) is 0 Å². The number of carbonyl (C=O) groups excluding carboxylic acids is 1. The van der Waals surface area contributed by atoms with Gasteiger partial charge in [-0.25, -0.2) is 0 Å². The molecule has 4 heteroatoms. The summed E-state index contributed by atoms with van der Waals surface area (Å²) in [6.45, 7) is 2.85. The monoisotopic (exact) mass is 260 g/mol. The Morgan fingerprint density at radius 1 is 1.42 bits per heavy atom. The highest BCUT2D eigenvalue weighted by atomic mass is 16.3. The Morgan fingerprint density at radius 2 is 2.26 bits per heavy atom. The summed E-state index contributed by atoms with van der Waals surface area (Å²) in [6, 6.07) is 7.60. The van der Waals surface area contributed by atoms with Crippen LogP contribution in [-0.2, 0) is 0 Å². The van der Waals surface area contributed by atoms with E-state index in [-0.39, 0.29) is 12.5 Å². The molecule has 1 unspecified atom stereocenters. The molecule has 1 aromatic carbocycles. The molecule has 1 heterocycles. The van der Waals surface area contributed by atoms with Crippen LogP contribution in [0.2, 0.25) is 0 Å². The molecular weight excluding hydrogens is 240 g/mol. The molecule has 0 saturated heterocycles. The lowest BCUT2D eigenvalue weighted by molar-refractivity contribution is 0.0943. The summed E-state index contributed by atoms with van der Waals surface area (Å²) >= 11 is 0. The highest BCUT2D eigenvalue weighted by Gasteiger charge is 2.10. The average Bonchev–Trinajstić information content (AvgIpc) is 2.90. The van der Waals surface area contributed by atoms with Crippen molar-refractivity contribution in [3.8, 4) is 0 Å². The van der Waals surface area contributed by atoms with Gasteiger partial charge < -0.3 is 15.4 Å². The van der Waals surface area contributed by atoms with E-state index in [1.54, 1.807) is 0 Å². The Balaban J connectivity index is 1.98. The fourth-order valence-electron chi connectivity index (χ4n) is 2.16. The molecule has 1 atom stereocenters. The number of aliphatic hydroxyl groups excluding tert-OH is 1. The minimum atomic E-state index is -0.0621. The molecular formula is C15H20N2O2.